The molecule has 2 N–H and O–H groups in total. The van der Waals surface area contributed by atoms with E-state index in [9.17, 15) is 22.8 Å². The van der Waals surface area contributed by atoms with Crippen molar-refractivity contribution < 1.29 is 37.0 Å². The number of nitrogens with zero attached hydrogens (tertiary/aromatic N) is 1. The molecule has 0 heterocycles. The van der Waals surface area contributed by atoms with Gasteiger partial charge in [0.1, 0.15) is 0 Å². The Labute approximate surface area is 113 Å². The Morgan fingerprint density at radius 3 is 2.10 bits per heavy atom. The number of esters is 1. The Hall–Kier alpha value is -1.84. The molecule has 0 spiro atoms. The standard InChI is InChI=1S/C8H16N2O4.C2HF3O/c1-3-10(5-4-9)8(12)14-6-13-7(2)11;3-2(4,5)1-6/h3-6,9H2,1-2H3;1H. The van der Waals surface area contributed by atoms with Gasteiger partial charge in [0.15, 0.2) is 0 Å². The van der Waals surface area contributed by atoms with E-state index >= 15 is 0 Å². The first-order valence-electron chi connectivity index (χ1n) is 5.46. The molecule has 1 amide bonds. The molecule has 0 saturated carbocycles. The molecule has 118 valence electrons. The van der Waals surface area contributed by atoms with E-state index in [0.29, 0.717) is 19.6 Å². The molecule has 0 aliphatic rings. The fourth-order valence-electron chi connectivity index (χ4n) is 0.788. The van der Waals surface area contributed by atoms with E-state index in [1.54, 1.807) is 0 Å². The molecule has 0 rings (SSSR count). The highest BCUT2D eigenvalue weighted by Gasteiger charge is 2.24. The van der Waals surface area contributed by atoms with Gasteiger partial charge in [0, 0.05) is 26.6 Å². The fourth-order valence-corrected chi connectivity index (χ4v) is 0.788. The number of likely N-dealkylation sites (N-methyl/N-ethyl adjacent to an activating group) is 1. The molecular weight excluding hydrogens is 285 g/mol. The lowest BCUT2D eigenvalue weighted by atomic mass is 10.5. The SMILES string of the molecule is CCN(CCN)C(=O)OCOC(C)=O.O=CC(F)(F)F. The van der Waals surface area contributed by atoms with Crippen LogP contribution in [0, 0.1) is 0 Å². The molecule has 0 saturated heterocycles. The zero-order chi connectivity index (χ0) is 16.2. The van der Waals surface area contributed by atoms with Gasteiger partial charge in [-0.25, -0.2) is 4.79 Å². The van der Waals surface area contributed by atoms with E-state index in [-0.39, 0.29) is 6.79 Å². The predicted octanol–water partition coefficient (Wildman–Crippen LogP) is 0.672. The summed E-state index contributed by atoms with van der Waals surface area (Å²) in [5.74, 6) is -0.486. The molecule has 0 aromatic carbocycles. The van der Waals surface area contributed by atoms with Gasteiger partial charge in [-0.05, 0) is 6.92 Å². The Kier molecular flexibility index (Phi) is 11.3. The molecule has 0 bridgehead atoms. The second-order valence-corrected chi connectivity index (χ2v) is 3.19. The minimum Gasteiger partial charge on any atom is -0.428 e. The summed E-state index contributed by atoms with van der Waals surface area (Å²) in [7, 11) is 0. The topological polar surface area (TPSA) is 98.9 Å². The average Bonchev–Trinajstić information content (AvgIpc) is 2.35. The number of hydrogen-bond donors (Lipinski definition) is 1. The van der Waals surface area contributed by atoms with Crippen LogP contribution in [0.15, 0.2) is 0 Å². The number of aldehydes is 1. The molecule has 0 aromatic rings. The van der Waals surface area contributed by atoms with E-state index in [2.05, 4.69) is 9.47 Å². The zero-order valence-electron chi connectivity index (χ0n) is 11.1. The van der Waals surface area contributed by atoms with Crippen LogP contribution in [0.3, 0.4) is 0 Å². The zero-order valence-corrected chi connectivity index (χ0v) is 11.1. The number of halogens is 3. The Morgan fingerprint density at radius 2 is 1.80 bits per heavy atom. The molecule has 0 atom stereocenters. The first-order chi connectivity index (χ1) is 9.17. The van der Waals surface area contributed by atoms with Crippen LogP contribution in [-0.4, -0.2) is 55.9 Å². The maximum absolute atomic E-state index is 11.2. The number of ether oxygens (including phenoxy) is 2. The first kappa shape index (κ1) is 20.5. The van der Waals surface area contributed by atoms with Crippen LogP contribution in [0.25, 0.3) is 0 Å². The fraction of sp³-hybridized carbons (Fsp3) is 0.700. The lowest BCUT2D eigenvalue weighted by Gasteiger charge is -2.18. The molecule has 0 aromatic heterocycles. The molecule has 0 radical (unpaired) electrons. The third kappa shape index (κ3) is 14.2. The Morgan fingerprint density at radius 1 is 1.30 bits per heavy atom. The summed E-state index contributed by atoms with van der Waals surface area (Å²) < 4.78 is 40.3. The summed E-state index contributed by atoms with van der Waals surface area (Å²) in [5, 5.41) is 0. The lowest BCUT2D eigenvalue weighted by Crippen LogP contribution is -2.36. The maximum Gasteiger partial charge on any atom is 0.446 e. The second-order valence-electron chi connectivity index (χ2n) is 3.19. The van der Waals surface area contributed by atoms with Gasteiger partial charge in [-0.15, -0.1) is 0 Å². The van der Waals surface area contributed by atoms with Crippen LogP contribution < -0.4 is 5.73 Å². The molecular formula is C10H17F3N2O5. The summed E-state index contributed by atoms with van der Waals surface area (Å²) in [4.78, 5) is 31.7. The van der Waals surface area contributed by atoms with Crippen molar-refractivity contribution in [3.63, 3.8) is 0 Å². The van der Waals surface area contributed by atoms with Crippen molar-refractivity contribution in [2.45, 2.75) is 20.0 Å². The Balaban J connectivity index is 0. The number of nitrogens with two attached hydrogens (primary N) is 1. The van der Waals surface area contributed by atoms with Crippen molar-refractivity contribution in [2.75, 3.05) is 26.4 Å². The highest BCUT2D eigenvalue weighted by atomic mass is 19.4. The molecule has 0 unspecified atom stereocenters. The van der Waals surface area contributed by atoms with Gasteiger partial charge in [0.05, 0.1) is 0 Å². The van der Waals surface area contributed by atoms with Crippen molar-refractivity contribution in [1.29, 1.82) is 0 Å². The van der Waals surface area contributed by atoms with Gasteiger partial charge in [0.2, 0.25) is 13.1 Å². The van der Waals surface area contributed by atoms with E-state index in [1.165, 1.54) is 11.8 Å². The number of carbonyl (C=O) groups excluding carboxylic acids is 3. The predicted molar refractivity (Wildman–Crippen MR) is 61.5 cm³/mol. The smallest absolute Gasteiger partial charge is 0.428 e. The quantitative estimate of drug-likeness (QED) is 0.455. The average molecular weight is 302 g/mol. The maximum atomic E-state index is 11.2. The molecule has 10 heteroatoms. The van der Waals surface area contributed by atoms with Crippen molar-refractivity contribution in [2.24, 2.45) is 5.73 Å². The van der Waals surface area contributed by atoms with Crippen LogP contribution in [0.2, 0.25) is 0 Å². The van der Waals surface area contributed by atoms with Gasteiger partial charge >= 0.3 is 18.2 Å². The van der Waals surface area contributed by atoms with Crippen LogP contribution >= 0.6 is 0 Å². The second kappa shape index (κ2) is 11.0. The van der Waals surface area contributed by atoms with Crippen LogP contribution in [0.5, 0.6) is 0 Å². The van der Waals surface area contributed by atoms with Crippen molar-refractivity contribution in [3.05, 3.63) is 0 Å². The summed E-state index contributed by atoms with van der Waals surface area (Å²) in [6.07, 6.45) is -6.23. The van der Waals surface area contributed by atoms with Gasteiger partial charge in [0.25, 0.3) is 0 Å². The molecule has 7 nitrogen and oxygen atoms in total. The number of carbonyl (C=O) groups is 3. The van der Waals surface area contributed by atoms with Crippen LogP contribution in [0.1, 0.15) is 13.8 Å². The summed E-state index contributed by atoms with van der Waals surface area (Å²) >= 11 is 0. The third-order valence-corrected chi connectivity index (χ3v) is 1.62. The van der Waals surface area contributed by atoms with E-state index in [0.717, 1.165) is 0 Å². The molecule has 0 fully saturated rings. The number of rotatable bonds is 5. The number of alkyl halides is 3. The summed E-state index contributed by atoms with van der Waals surface area (Å²) in [5.41, 5.74) is 5.28. The molecule has 0 aliphatic carbocycles. The van der Waals surface area contributed by atoms with Gasteiger partial charge in [-0.1, -0.05) is 0 Å². The highest BCUT2D eigenvalue weighted by Crippen LogP contribution is 2.08. The normalized spacial score (nSPS) is 9.90. The summed E-state index contributed by atoms with van der Waals surface area (Å²) in [6, 6.07) is 0. The minimum atomic E-state index is -4.64. The molecule has 20 heavy (non-hydrogen) atoms. The number of amides is 1. The summed E-state index contributed by atoms with van der Waals surface area (Å²) in [6.45, 7) is 4.01. The lowest BCUT2D eigenvalue weighted by molar-refractivity contribution is -0.156. The van der Waals surface area contributed by atoms with E-state index in [4.69, 9.17) is 10.5 Å². The van der Waals surface area contributed by atoms with Crippen molar-refractivity contribution in [1.82, 2.24) is 4.90 Å². The number of hydrogen-bond acceptors (Lipinski definition) is 6. The highest BCUT2D eigenvalue weighted by molar-refractivity contribution is 5.68. The van der Waals surface area contributed by atoms with E-state index < -0.39 is 24.5 Å². The van der Waals surface area contributed by atoms with Crippen molar-refractivity contribution >= 4 is 18.3 Å². The van der Waals surface area contributed by atoms with Crippen molar-refractivity contribution in [3.8, 4) is 0 Å². The van der Waals surface area contributed by atoms with Crippen LogP contribution in [0.4, 0.5) is 18.0 Å². The van der Waals surface area contributed by atoms with Gasteiger partial charge < -0.3 is 20.1 Å². The van der Waals surface area contributed by atoms with Crippen LogP contribution in [-0.2, 0) is 19.1 Å². The van der Waals surface area contributed by atoms with Gasteiger partial charge in [-0.2, -0.15) is 13.2 Å². The first-order valence-corrected chi connectivity index (χ1v) is 5.46. The third-order valence-electron chi connectivity index (χ3n) is 1.62. The van der Waals surface area contributed by atoms with E-state index in [1.807, 2.05) is 6.92 Å². The minimum absolute atomic E-state index is 0.352. The monoisotopic (exact) mass is 302 g/mol. The van der Waals surface area contributed by atoms with Gasteiger partial charge in [-0.3, -0.25) is 9.59 Å². The Bertz CT molecular complexity index is 310. The molecule has 0 aliphatic heterocycles. The largest absolute Gasteiger partial charge is 0.446 e.